The van der Waals surface area contributed by atoms with Gasteiger partial charge in [-0.1, -0.05) is 19.6 Å². The van der Waals surface area contributed by atoms with Crippen LogP contribution in [0.15, 0.2) is 18.2 Å². The normalized spacial score (nSPS) is 10.8. The summed E-state index contributed by atoms with van der Waals surface area (Å²) in [4.78, 5) is 23.3. The smallest absolute Gasteiger partial charge is 0.411 e. The molecule has 0 saturated heterocycles. The van der Waals surface area contributed by atoms with Crippen molar-refractivity contribution in [2.75, 3.05) is 26.1 Å². The third-order valence-electron chi connectivity index (χ3n) is 2.94. The second kappa shape index (κ2) is 7.84. The largest absolute Gasteiger partial charge is 0.496 e. The summed E-state index contributed by atoms with van der Waals surface area (Å²) in [6.45, 7) is 7.04. The van der Waals surface area contributed by atoms with Gasteiger partial charge in [-0.25, -0.2) is 9.59 Å². The maximum atomic E-state index is 11.7. The van der Waals surface area contributed by atoms with Crippen molar-refractivity contribution < 1.29 is 23.8 Å². The molecule has 0 aliphatic rings. The van der Waals surface area contributed by atoms with Gasteiger partial charge in [0.15, 0.2) is 0 Å². The minimum atomic E-state index is -1.23. The molecule has 6 nitrogen and oxygen atoms in total. The molecule has 0 aromatic heterocycles. The molecule has 22 heavy (non-hydrogen) atoms. The summed E-state index contributed by atoms with van der Waals surface area (Å²) < 4.78 is 14.9. The van der Waals surface area contributed by atoms with Crippen molar-refractivity contribution in [3.8, 4) is 5.75 Å². The fourth-order valence-corrected chi connectivity index (χ4v) is 2.37. The second-order valence-corrected chi connectivity index (χ2v) is 11.6. The zero-order valence-corrected chi connectivity index (χ0v) is 14.7. The first-order valence-electron chi connectivity index (χ1n) is 6.97. The minimum absolute atomic E-state index is 0.294. The van der Waals surface area contributed by atoms with E-state index in [1.54, 1.807) is 12.1 Å². The molecule has 0 saturated carbocycles. The molecule has 1 aromatic carbocycles. The fourth-order valence-electron chi connectivity index (χ4n) is 1.65. The van der Waals surface area contributed by atoms with Gasteiger partial charge in [-0.15, -0.1) is 0 Å². The topological polar surface area (TPSA) is 73.9 Å². The Hall–Kier alpha value is -2.02. The van der Waals surface area contributed by atoms with Gasteiger partial charge in [0.2, 0.25) is 0 Å². The van der Waals surface area contributed by atoms with Gasteiger partial charge < -0.3 is 14.2 Å². The quantitative estimate of drug-likeness (QED) is 0.641. The van der Waals surface area contributed by atoms with E-state index in [1.165, 1.54) is 20.3 Å². The van der Waals surface area contributed by atoms with E-state index in [0.717, 1.165) is 6.04 Å². The number of esters is 1. The van der Waals surface area contributed by atoms with Crippen LogP contribution in [0.4, 0.5) is 10.5 Å². The van der Waals surface area contributed by atoms with Gasteiger partial charge in [0, 0.05) is 19.8 Å². The Morgan fingerprint density at radius 3 is 2.41 bits per heavy atom. The standard InChI is InChI=1S/C15H23NO5Si/c1-19-13-10-11(6-7-12(13)14(17)20-2)16-15(18)21-8-9-22(3,4)5/h6-7,10H,8-9H2,1-5H3,(H,16,18). The number of nitrogens with one attached hydrogen (secondary N) is 1. The molecule has 0 unspecified atom stereocenters. The number of carbonyl (C=O) groups excluding carboxylic acids is 2. The van der Waals surface area contributed by atoms with Gasteiger partial charge in [0.05, 0.1) is 20.8 Å². The van der Waals surface area contributed by atoms with Crippen LogP contribution < -0.4 is 10.1 Å². The Kier molecular flexibility index (Phi) is 6.42. The third kappa shape index (κ3) is 5.77. The molecule has 1 amide bonds. The highest BCUT2D eigenvalue weighted by atomic mass is 28.3. The lowest BCUT2D eigenvalue weighted by atomic mass is 10.2. The lowest BCUT2D eigenvalue weighted by molar-refractivity contribution is 0.0597. The monoisotopic (exact) mass is 325 g/mol. The van der Waals surface area contributed by atoms with E-state index in [-0.39, 0.29) is 0 Å². The molecule has 0 fully saturated rings. The van der Waals surface area contributed by atoms with E-state index in [1.807, 2.05) is 0 Å². The molecule has 1 N–H and O–H groups in total. The first kappa shape index (κ1) is 18.0. The predicted molar refractivity (Wildman–Crippen MR) is 87.5 cm³/mol. The van der Waals surface area contributed by atoms with Crippen LogP contribution in [0.25, 0.3) is 0 Å². The molecular formula is C15H23NO5Si. The van der Waals surface area contributed by atoms with Crippen molar-refractivity contribution in [3.05, 3.63) is 23.8 Å². The summed E-state index contributed by atoms with van der Waals surface area (Å²) in [5.41, 5.74) is 0.783. The van der Waals surface area contributed by atoms with Crippen molar-refractivity contribution in [2.24, 2.45) is 0 Å². The molecule has 0 heterocycles. The summed E-state index contributed by atoms with van der Waals surface area (Å²) in [5, 5.41) is 2.61. The van der Waals surface area contributed by atoms with Crippen molar-refractivity contribution in [3.63, 3.8) is 0 Å². The number of rotatable bonds is 6. The number of carbonyl (C=O) groups is 2. The van der Waals surface area contributed by atoms with Gasteiger partial charge in [-0.3, -0.25) is 5.32 Å². The van der Waals surface area contributed by atoms with E-state index in [4.69, 9.17) is 9.47 Å². The molecule has 7 heteroatoms. The van der Waals surface area contributed by atoms with Crippen LogP contribution in [0.2, 0.25) is 25.7 Å². The summed E-state index contributed by atoms with van der Waals surface area (Å²) >= 11 is 0. The first-order chi connectivity index (χ1) is 10.3. The van der Waals surface area contributed by atoms with Crippen LogP contribution in [0.3, 0.4) is 0 Å². The van der Waals surface area contributed by atoms with Crippen LogP contribution in [-0.2, 0) is 9.47 Å². The lowest BCUT2D eigenvalue weighted by Gasteiger charge is -2.15. The van der Waals surface area contributed by atoms with E-state index in [0.29, 0.717) is 23.6 Å². The zero-order chi connectivity index (χ0) is 16.8. The Bertz CT molecular complexity index is 539. The fraction of sp³-hybridized carbons (Fsp3) is 0.467. The molecule has 0 radical (unpaired) electrons. The molecule has 0 aliphatic carbocycles. The lowest BCUT2D eigenvalue weighted by Crippen LogP contribution is -2.24. The van der Waals surface area contributed by atoms with Crippen LogP contribution in [-0.4, -0.2) is 41.0 Å². The first-order valence-corrected chi connectivity index (χ1v) is 10.7. The molecule has 1 aromatic rings. The van der Waals surface area contributed by atoms with Crippen molar-refractivity contribution in [1.29, 1.82) is 0 Å². The van der Waals surface area contributed by atoms with E-state index in [2.05, 4.69) is 29.7 Å². The van der Waals surface area contributed by atoms with Crippen molar-refractivity contribution >= 4 is 25.8 Å². The highest BCUT2D eigenvalue weighted by Gasteiger charge is 2.16. The molecule has 0 aliphatic heterocycles. The Labute approximate surface area is 131 Å². The Morgan fingerprint density at radius 2 is 1.86 bits per heavy atom. The average molecular weight is 325 g/mol. The average Bonchev–Trinajstić information content (AvgIpc) is 2.44. The molecular weight excluding hydrogens is 302 g/mol. The predicted octanol–water partition coefficient (Wildman–Crippen LogP) is 3.37. The summed E-state index contributed by atoms with van der Waals surface area (Å²) in [5.74, 6) is -0.173. The third-order valence-corrected chi connectivity index (χ3v) is 4.64. The van der Waals surface area contributed by atoms with E-state index < -0.39 is 20.1 Å². The highest BCUT2D eigenvalue weighted by Crippen LogP contribution is 2.24. The number of methoxy groups -OCH3 is 2. The maximum absolute atomic E-state index is 11.7. The van der Waals surface area contributed by atoms with E-state index in [9.17, 15) is 9.59 Å². The molecule has 0 spiro atoms. The maximum Gasteiger partial charge on any atom is 0.411 e. The van der Waals surface area contributed by atoms with Crippen LogP contribution in [0, 0.1) is 0 Å². The van der Waals surface area contributed by atoms with Gasteiger partial charge in [0.1, 0.15) is 11.3 Å². The van der Waals surface area contributed by atoms with Crippen molar-refractivity contribution in [2.45, 2.75) is 25.7 Å². The molecule has 1 rings (SSSR count). The zero-order valence-electron chi connectivity index (χ0n) is 13.7. The van der Waals surface area contributed by atoms with Crippen LogP contribution >= 0.6 is 0 Å². The second-order valence-electron chi connectivity index (χ2n) is 5.98. The number of amides is 1. The number of hydrogen-bond donors (Lipinski definition) is 1. The number of hydrogen-bond acceptors (Lipinski definition) is 5. The van der Waals surface area contributed by atoms with Gasteiger partial charge in [-0.05, 0) is 18.2 Å². The molecule has 0 atom stereocenters. The molecule has 122 valence electrons. The minimum Gasteiger partial charge on any atom is -0.496 e. The Balaban J connectivity index is 2.66. The van der Waals surface area contributed by atoms with E-state index >= 15 is 0 Å². The summed E-state index contributed by atoms with van der Waals surface area (Å²) in [6.07, 6.45) is -0.522. The van der Waals surface area contributed by atoms with Gasteiger partial charge in [0.25, 0.3) is 0 Å². The number of ether oxygens (including phenoxy) is 3. The number of anilines is 1. The number of benzene rings is 1. The summed E-state index contributed by atoms with van der Waals surface area (Å²) in [6, 6.07) is 5.58. The SMILES string of the molecule is COC(=O)c1ccc(NC(=O)OCC[Si](C)(C)C)cc1OC. The molecule has 0 bridgehead atoms. The van der Waals surface area contributed by atoms with Crippen LogP contribution in [0.5, 0.6) is 5.75 Å². The highest BCUT2D eigenvalue weighted by molar-refractivity contribution is 6.76. The van der Waals surface area contributed by atoms with Crippen LogP contribution in [0.1, 0.15) is 10.4 Å². The summed E-state index contributed by atoms with van der Waals surface area (Å²) in [7, 11) is 1.51. The van der Waals surface area contributed by atoms with Gasteiger partial charge in [-0.2, -0.15) is 0 Å². The Morgan fingerprint density at radius 1 is 1.18 bits per heavy atom. The van der Waals surface area contributed by atoms with Crippen molar-refractivity contribution in [1.82, 2.24) is 0 Å². The van der Waals surface area contributed by atoms with Gasteiger partial charge >= 0.3 is 12.1 Å².